The summed E-state index contributed by atoms with van der Waals surface area (Å²) >= 11 is 4.74. The number of aromatic nitrogens is 2. The highest BCUT2D eigenvalue weighted by molar-refractivity contribution is 9.10. The Morgan fingerprint density at radius 2 is 2.05 bits per heavy atom. The average Bonchev–Trinajstić information content (AvgIpc) is 2.77. The monoisotopic (exact) mass is 339 g/mol. The Kier molecular flexibility index (Phi) is 4.01. The number of benzene rings is 1. The molecule has 0 aliphatic carbocycles. The Labute approximate surface area is 124 Å². The number of rotatable bonds is 2. The van der Waals surface area contributed by atoms with Crippen LogP contribution in [0.1, 0.15) is 36.1 Å². The third-order valence-electron chi connectivity index (χ3n) is 2.37. The molecule has 1 aromatic carbocycles. The van der Waals surface area contributed by atoms with Crippen LogP contribution in [0.4, 0.5) is 5.13 Å². The van der Waals surface area contributed by atoms with E-state index in [4.69, 9.17) is 0 Å². The quantitative estimate of drug-likeness (QED) is 0.903. The molecule has 0 unspecified atom stereocenters. The van der Waals surface area contributed by atoms with Gasteiger partial charge in [-0.25, -0.2) is 0 Å². The SMILES string of the molecule is CC(C)(C)c1nnc(NC(=O)c2cccc(Br)c2)s1. The molecule has 0 radical (unpaired) electrons. The van der Waals surface area contributed by atoms with Crippen molar-refractivity contribution in [1.29, 1.82) is 0 Å². The summed E-state index contributed by atoms with van der Waals surface area (Å²) in [4.78, 5) is 12.0. The van der Waals surface area contributed by atoms with Gasteiger partial charge in [-0.15, -0.1) is 10.2 Å². The van der Waals surface area contributed by atoms with Crippen molar-refractivity contribution in [3.8, 4) is 0 Å². The van der Waals surface area contributed by atoms with Gasteiger partial charge in [0.2, 0.25) is 5.13 Å². The molecular weight excluding hydrogens is 326 g/mol. The Bertz CT molecular complexity index is 604. The molecule has 0 saturated carbocycles. The van der Waals surface area contributed by atoms with E-state index in [-0.39, 0.29) is 11.3 Å². The van der Waals surface area contributed by atoms with Crippen LogP contribution in [-0.4, -0.2) is 16.1 Å². The zero-order chi connectivity index (χ0) is 14.0. The topological polar surface area (TPSA) is 54.9 Å². The molecule has 2 aromatic rings. The minimum atomic E-state index is -0.182. The number of nitrogens with one attached hydrogen (secondary N) is 1. The number of hydrogen-bond donors (Lipinski definition) is 1. The zero-order valence-corrected chi connectivity index (χ0v) is 13.3. The molecule has 100 valence electrons. The second kappa shape index (κ2) is 5.38. The summed E-state index contributed by atoms with van der Waals surface area (Å²) < 4.78 is 0.868. The predicted molar refractivity (Wildman–Crippen MR) is 80.7 cm³/mol. The lowest BCUT2D eigenvalue weighted by atomic mass is 9.98. The highest BCUT2D eigenvalue weighted by Gasteiger charge is 2.20. The lowest BCUT2D eigenvalue weighted by Crippen LogP contribution is -2.11. The normalized spacial score (nSPS) is 11.4. The molecular formula is C13H14BrN3OS. The van der Waals surface area contributed by atoms with Crippen molar-refractivity contribution >= 4 is 38.3 Å². The maximum atomic E-state index is 12.0. The summed E-state index contributed by atoms with van der Waals surface area (Å²) in [7, 11) is 0. The third-order valence-corrected chi connectivity index (χ3v) is 4.13. The fraction of sp³-hybridized carbons (Fsp3) is 0.308. The van der Waals surface area contributed by atoms with E-state index in [0.717, 1.165) is 9.48 Å². The predicted octanol–water partition coefficient (Wildman–Crippen LogP) is 3.85. The van der Waals surface area contributed by atoms with Crippen LogP contribution >= 0.6 is 27.3 Å². The van der Waals surface area contributed by atoms with E-state index in [0.29, 0.717) is 10.7 Å². The van der Waals surface area contributed by atoms with Gasteiger partial charge in [0.1, 0.15) is 5.01 Å². The van der Waals surface area contributed by atoms with Crippen LogP contribution in [0.15, 0.2) is 28.7 Å². The van der Waals surface area contributed by atoms with Crippen LogP contribution in [-0.2, 0) is 5.41 Å². The molecule has 0 bridgehead atoms. The van der Waals surface area contributed by atoms with Gasteiger partial charge < -0.3 is 0 Å². The van der Waals surface area contributed by atoms with Crippen LogP contribution in [0.5, 0.6) is 0 Å². The van der Waals surface area contributed by atoms with Gasteiger partial charge in [-0.1, -0.05) is 54.1 Å². The van der Waals surface area contributed by atoms with Gasteiger partial charge in [0.05, 0.1) is 0 Å². The maximum Gasteiger partial charge on any atom is 0.257 e. The molecule has 1 N–H and O–H groups in total. The second-order valence-corrected chi connectivity index (χ2v) is 7.02. The molecule has 0 aliphatic rings. The van der Waals surface area contributed by atoms with Gasteiger partial charge in [0, 0.05) is 15.5 Å². The molecule has 0 aliphatic heterocycles. The molecule has 4 nitrogen and oxygen atoms in total. The number of carbonyl (C=O) groups excluding carboxylic acids is 1. The molecule has 6 heteroatoms. The number of hydrogen-bond acceptors (Lipinski definition) is 4. The van der Waals surface area contributed by atoms with Crippen LogP contribution in [0.25, 0.3) is 0 Å². The molecule has 0 saturated heterocycles. The summed E-state index contributed by atoms with van der Waals surface area (Å²) in [5, 5.41) is 12.3. The Morgan fingerprint density at radius 1 is 1.32 bits per heavy atom. The first-order valence-electron chi connectivity index (χ1n) is 5.77. The van der Waals surface area contributed by atoms with Crippen LogP contribution < -0.4 is 5.32 Å². The summed E-state index contributed by atoms with van der Waals surface area (Å²) in [5.74, 6) is -0.182. The lowest BCUT2D eigenvalue weighted by Gasteiger charge is -2.12. The molecule has 1 aromatic heterocycles. The molecule has 1 amide bonds. The zero-order valence-electron chi connectivity index (χ0n) is 10.9. The second-order valence-electron chi connectivity index (χ2n) is 5.13. The van der Waals surface area contributed by atoms with E-state index in [9.17, 15) is 4.79 Å². The highest BCUT2D eigenvalue weighted by Crippen LogP contribution is 2.27. The number of halogens is 1. The first kappa shape index (κ1) is 14.1. The van der Waals surface area contributed by atoms with E-state index < -0.39 is 0 Å². The van der Waals surface area contributed by atoms with Crippen molar-refractivity contribution < 1.29 is 4.79 Å². The molecule has 1 heterocycles. The van der Waals surface area contributed by atoms with Gasteiger partial charge in [0.25, 0.3) is 5.91 Å². The number of nitrogens with zero attached hydrogens (tertiary/aromatic N) is 2. The van der Waals surface area contributed by atoms with Gasteiger partial charge in [-0.05, 0) is 18.2 Å². The smallest absolute Gasteiger partial charge is 0.257 e. The van der Waals surface area contributed by atoms with Gasteiger partial charge in [0.15, 0.2) is 0 Å². The van der Waals surface area contributed by atoms with Crippen molar-refractivity contribution in [1.82, 2.24) is 10.2 Å². The van der Waals surface area contributed by atoms with Crippen LogP contribution in [0.2, 0.25) is 0 Å². The van der Waals surface area contributed by atoms with Crippen LogP contribution in [0, 0.1) is 0 Å². The molecule has 0 fully saturated rings. The first-order valence-corrected chi connectivity index (χ1v) is 7.38. The van der Waals surface area contributed by atoms with E-state index in [2.05, 4.69) is 52.2 Å². The highest BCUT2D eigenvalue weighted by atomic mass is 79.9. The fourth-order valence-corrected chi connectivity index (χ4v) is 2.57. The summed E-state index contributed by atoms with van der Waals surface area (Å²) in [6, 6.07) is 7.21. The van der Waals surface area contributed by atoms with Crippen molar-refractivity contribution in [2.24, 2.45) is 0 Å². The summed E-state index contributed by atoms with van der Waals surface area (Å²) in [6.45, 7) is 6.19. The van der Waals surface area contributed by atoms with E-state index in [1.54, 1.807) is 12.1 Å². The minimum absolute atomic E-state index is 0.0591. The molecule has 0 spiro atoms. The first-order chi connectivity index (χ1) is 8.86. The van der Waals surface area contributed by atoms with Gasteiger partial charge in [-0.2, -0.15) is 0 Å². The van der Waals surface area contributed by atoms with Crippen LogP contribution in [0.3, 0.4) is 0 Å². The Hall–Kier alpha value is -1.27. The van der Waals surface area contributed by atoms with Gasteiger partial charge >= 0.3 is 0 Å². The molecule has 19 heavy (non-hydrogen) atoms. The third kappa shape index (κ3) is 3.61. The standard InChI is InChI=1S/C13H14BrN3OS/c1-13(2,3)11-16-17-12(19-11)15-10(18)8-5-4-6-9(14)7-8/h4-7H,1-3H3,(H,15,17,18). The number of anilines is 1. The number of amides is 1. The van der Waals surface area contributed by atoms with Gasteiger partial charge in [-0.3, -0.25) is 10.1 Å². The Morgan fingerprint density at radius 3 is 2.63 bits per heavy atom. The minimum Gasteiger partial charge on any atom is -0.296 e. The van der Waals surface area contributed by atoms with E-state index in [1.165, 1.54) is 11.3 Å². The fourth-order valence-electron chi connectivity index (χ4n) is 1.38. The van der Waals surface area contributed by atoms with Crippen molar-refractivity contribution in [2.75, 3.05) is 5.32 Å². The largest absolute Gasteiger partial charge is 0.296 e. The van der Waals surface area contributed by atoms with E-state index >= 15 is 0 Å². The average molecular weight is 340 g/mol. The van der Waals surface area contributed by atoms with Crippen molar-refractivity contribution in [2.45, 2.75) is 26.2 Å². The summed E-state index contributed by atoms with van der Waals surface area (Å²) in [6.07, 6.45) is 0. The Balaban J connectivity index is 2.13. The number of carbonyl (C=O) groups is 1. The van der Waals surface area contributed by atoms with E-state index in [1.807, 2.05) is 12.1 Å². The lowest BCUT2D eigenvalue weighted by molar-refractivity contribution is 0.102. The molecule has 2 rings (SSSR count). The van der Waals surface area contributed by atoms with Crippen molar-refractivity contribution in [3.05, 3.63) is 39.3 Å². The molecule has 0 atom stereocenters. The van der Waals surface area contributed by atoms with Crippen molar-refractivity contribution in [3.63, 3.8) is 0 Å². The summed E-state index contributed by atoms with van der Waals surface area (Å²) in [5.41, 5.74) is 0.526. The maximum absolute atomic E-state index is 12.0.